The van der Waals surface area contributed by atoms with Crippen LogP contribution < -0.4 is 10.6 Å². The highest BCUT2D eigenvalue weighted by atomic mass is 32.1. The van der Waals surface area contributed by atoms with Gasteiger partial charge in [-0.25, -0.2) is 4.98 Å². The maximum absolute atomic E-state index is 13.0. The highest BCUT2D eigenvalue weighted by Crippen LogP contribution is 2.62. The van der Waals surface area contributed by atoms with E-state index in [4.69, 9.17) is 4.98 Å². The molecule has 0 saturated heterocycles. The van der Waals surface area contributed by atoms with Gasteiger partial charge in [0.1, 0.15) is 0 Å². The predicted molar refractivity (Wildman–Crippen MR) is 134 cm³/mol. The molecule has 0 radical (unpaired) electrons. The lowest BCUT2D eigenvalue weighted by atomic mass is 9.47. The summed E-state index contributed by atoms with van der Waals surface area (Å²) < 4.78 is 0. The minimum Gasteiger partial charge on any atom is -0.396 e. The summed E-state index contributed by atoms with van der Waals surface area (Å²) in [5, 5.41) is 28.5. The van der Waals surface area contributed by atoms with Crippen LogP contribution in [0, 0.1) is 16.7 Å². The van der Waals surface area contributed by atoms with Crippen molar-refractivity contribution >= 4 is 28.1 Å². The Morgan fingerprint density at radius 3 is 2.82 bits per heavy atom. The number of carbonyl (C=O) groups is 1. The summed E-state index contributed by atoms with van der Waals surface area (Å²) in [5.41, 5.74) is 0.980. The fourth-order valence-electron chi connectivity index (χ4n) is 5.94. The largest absolute Gasteiger partial charge is 0.396 e. The van der Waals surface area contributed by atoms with Crippen molar-refractivity contribution in [3.63, 3.8) is 0 Å². The first-order valence-electron chi connectivity index (χ1n) is 12.0. The summed E-state index contributed by atoms with van der Waals surface area (Å²) >= 11 is 1.60. The molecule has 0 aromatic carbocycles. The summed E-state index contributed by atoms with van der Waals surface area (Å²) in [7, 11) is 3.97. The van der Waals surface area contributed by atoms with Gasteiger partial charge < -0.3 is 25.7 Å². The van der Waals surface area contributed by atoms with Crippen LogP contribution in [0.1, 0.15) is 49.6 Å². The van der Waals surface area contributed by atoms with E-state index < -0.39 is 11.5 Å². The number of aliphatic hydroxyl groups is 2. The molecule has 0 aliphatic heterocycles. The molecule has 8 nitrogen and oxygen atoms in total. The van der Waals surface area contributed by atoms with Crippen LogP contribution in [0.25, 0.3) is 0 Å². The third kappa shape index (κ3) is 4.71. The second-order valence-corrected chi connectivity index (χ2v) is 11.7. The number of rotatable bonds is 8. The van der Waals surface area contributed by atoms with Crippen LogP contribution in [0.15, 0.2) is 24.5 Å². The molecule has 0 unspecified atom stereocenters. The molecular weight excluding hydrogens is 450 g/mol. The topological polar surface area (TPSA) is 111 Å². The highest BCUT2D eigenvalue weighted by molar-refractivity contribution is 7.15. The van der Waals surface area contributed by atoms with Crippen molar-refractivity contribution in [2.24, 2.45) is 16.7 Å². The normalized spacial score (nSPS) is 30.5. The lowest BCUT2D eigenvalue weighted by Crippen LogP contribution is -2.57. The first-order chi connectivity index (χ1) is 16.2. The van der Waals surface area contributed by atoms with Crippen LogP contribution in [0.2, 0.25) is 0 Å². The fourth-order valence-corrected chi connectivity index (χ4v) is 7.02. The van der Waals surface area contributed by atoms with Gasteiger partial charge in [-0.3, -0.25) is 9.78 Å². The Labute approximate surface area is 205 Å². The van der Waals surface area contributed by atoms with Gasteiger partial charge in [0.05, 0.1) is 30.3 Å². The summed E-state index contributed by atoms with van der Waals surface area (Å²) in [5.74, 6) is -0.0153. The second kappa shape index (κ2) is 9.89. The molecule has 9 heteroatoms. The Morgan fingerprint density at radius 2 is 2.15 bits per heavy atom. The van der Waals surface area contributed by atoms with E-state index in [1.165, 1.54) is 0 Å². The van der Waals surface area contributed by atoms with Crippen LogP contribution in [0.3, 0.4) is 0 Å². The number of nitrogens with zero attached hydrogens (tertiary/aromatic N) is 3. The van der Waals surface area contributed by atoms with Crippen molar-refractivity contribution in [2.45, 2.75) is 51.6 Å². The minimum atomic E-state index is -0.620. The zero-order valence-electron chi connectivity index (χ0n) is 20.5. The third-order valence-electron chi connectivity index (χ3n) is 8.08. The fraction of sp³-hybridized carbons (Fsp3) is 0.640. The monoisotopic (exact) mass is 487 g/mol. The molecular formula is C25H37N5O3S. The van der Waals surface area contributed by atoms with Crippen LogP contribution in [0.4, 0.5) is 10.8 Å². The average Bonchev–Trinajstić information content (AvgIpc) is 3.20. The molecule has 1 fully saturated rings. The number of carbonyl (C=O) groups excluding carboxylic acids is 1. The predicted octanol–water partition coefficient (Wildman–Crippen LogP) is 2.77. The van der Waals surface area contributed by atoms with Crippen molar-refractivity contribution in [2.75, 3.05) is 39.1 Å². The minimum absolute atomic E-state index is 0.0197. The first-order valence-corrected chi connectivity index (χ1v) is 12.9. The highest BCUT2D eigenvalue weighted by Gasteiger charge is 2.59. The van der Waals surface area contributed by atoms with Gasteiger partial charge in [0.2, 0.25) is 5.91 Å². The van der Waals surface area contributed by atoms with E-state index in [0.717, 1.165) is 40.8 Å². The molecule has 2 aliphatic carbocycles. The maximum atomic E-state index is 13.0. The summed E-state index contributed by atoms with van der Waals surface area (Å²) in [6.45, 7) is 5.53. The molecule has 0 bridgehead atoms. The van der Waals surface area contributed by atoms with Gasteiger partial charge in [-0.2, -0.15) is 0 Å². The number of nitrogens with one attached hydrogen (secondary N) is 2. The molecule has 2 aromatic rings. The van der Waals surface area contributed by atoms with Gasteiger partial charge >= 0.3 is 0 Å². The summed E-state index contributed by atoms with van der Waals surface area (Å²) in [6.07, 6.45) is 5.43. The summed E-state index contributed by atoms with van der Waals surface area (Å²) in [6, 6.07) is 3.82. The number of anilines is 2. The van der Waals surface area contributed by atoms with Gasteiger partial charge in [0.15, 0.2) is 5.13 Å². The first kappa shape index (κ1) is 25.0. The van der Waals surface area contributed by atoms with E-state index in [0.29, 0.717) is 19.4 Å². The molecule has 2 aromatic heterocycles. The molecule has 4 rings (SSSR count). The van der Waals surface area contributed by atoms with Crippen LogP contribution >= 0.6 is 11.3 Å². The van der Waals surface area contributed by atoms with Crippen LogP contribution in [0.5, 0.6) is 0 Å². The molecule has 1 amide bonds. The lowest BCUT2D eigenvalue weighted by Gasteiger charge is -2.58. The van der Waals surface area contributed by atoms with Gasteiger partial charge in [0, 0.05) is 41.9 Å². The Bertz CT molecular complexity index is 1000. The Morgan fingerprint density at radius 1 is 1.35 bits per heavy atom. The van der Waals surface area contributed by atoms with Gasteiger partial charge in [-0.15, -0.1) is 11.3 Å². The molecule has 4 N–H and O–H groups in total. The molecule has 5 atom stereocenters. The van der Waals surface area contributed by atoms with Gasteiger partial charge in [-0.05, 0) is 56.8 Å². The Hall–Kier alpha value is -2.07. The van der Waals surface area contributed by atoms with Gasteiger partial charge in [-0.1, -0.05) is 13.8 Å². The number of hydrogen-bond acceptors (Lipinski definition) is 8. The van der Waals surface area contributed by atoms with Crippen molar-refractivity contribution in [3.8, 4) is 0 Å². The Balaban J connectivity index is 1.67. The standard InChI is InChI=1S/C25H37N5O3S/c1-24-8-7-20(32)25(2,15-31)19(24)13-18-22(17(24)12-21(33)27-10-11-30(3)4)29-23(34-18)28-16-6-5-9-26-14-16/h5-6,9,14,17,19-20,31-32H,7-8,10-13,15H2,1-4H3,(H,27,33)(H,28,29)/t17-,19+,20-,24+,25+/m1/s1. The second-order valence-electron chi connectivity index (χ2n) is 10.6. The molecule has 186 valence electrons. The van der Waals surface area contributed by atoms with Crippen molar-refractivity contribution in [1.29, 1.82) is 0 Å². The van der Waals surface area contributed by atoms with Crippen molar-refractivity contribution < 1.29 is 15.0 Å². The van der Waals surface area contributed by atoms with Crippen molar-refractivity contribution in [1.82, 2.24) is 20.2 Å². The number of amides is 1. The number of aromatic nitrogens is 2. The maximum Gasteiger partial charge on any atom is 0.220 e. The van der Waals surface area contributed by atoms with E-state index in [1.807, 2.05) is 38.1 Å². The quantitative estimate of drug-likeness (QED) is 0.453. The SMILES string of the molecule is CN(C)CCNC(=O)C[C@@H]1c2nc(Nc3cccnc3)sc2C[C@@H]2[C@](C)(CO)[C@H](O)CC[C@]21C. The van der Waals surface area contributed by atoms with E-state index in [9.17, 15) is 15.0 Å². The molecule has 2 aliphatic rings. The number of pyridine rings is 1. The zero-order valence-corrected chi connectivity index (χ0v) is 21.4. The lowest BCUT2D eigenvalue weighted by molar-refractivity contribution is -0.144. The number of hydrogen-bond donors (Lipinski definition) is 4. The van der Waals surface area contributed by atoms with Gasteiger partial charge in [0.25, 0.3) is 0 Å². The zero-order chi connectivity index (χ0) is 24.5. The van der Waals surface area contributed by atoms with E-state index >= 15 is 0 Å². The van der Waals surface area contributed by atoms with E-state index in [-0.39, 0.29) is 29.8 Å². The number of likely N-dealkylation sites (N-methyl/N-ethyl adjacent to an activating group) is 1. The number of fused-ring (bicyclic) bond motifs is 2. The molecule has 0 spiro atoms. The summed E-state index contributed by atoms with van der Waals surface area (Å²) in [4.78, 5) is 25.4. The number of thiazole rings is 1. The van der Waals surface area contributed by atoms with Crippen molar-refractivity contribution in [3.05, 3.63) is 35.1 Å². The molecule has 1 saturated carbocycles. The van der Waals surface area contributed by atoms with Crippen LogP contribution in [-0.2, 0) is 11.2 Å². The smallest absolute Gasteiger partial charge is 0.220 e. The average molecular weight is 488 g/mol. The molecule has 2 heterocycles. The third-order valence-corrected chi connectivity index (χ3v) is 9.09. The van der Waals surface area contributed by atoms with E-state index in [1.54, 1.807) is 23.7 Å². The van der Waals surface area contributed by atoms with Crippen LogP contribution in [-0.4, -0.2) is 70.9 Å². The number of aliphatic hydroxyl groups excluding tert-OH is 2. The van der Waals surface area contributed by atoms with E-state index in [2.05, 4.69) is 22.5 Å². The Kier molecular flexibility index (Phi) is 7.28. The molecule has 34 heavy (non-hydrogen) atoms.